The fourth-order valence-electron chi connectivity index (χ4n) is 2.91. The summed E-state index contributed by atoms with van der Waals surface area (Å²) in [6.45, 7) is 4.20. The van der Waals surface area contributed by atoms with Crippen LogP contribution in [-0.2, 0) is 0 Å². The van der Waals surface area contributed by atoms with Gasteiger partial charge in [0, 0.05) is 19.6 Å². The molecular formula is C15H22IN3. The van der Waals surface area contributed by atoms with E-state index in [0.29, 0.717) is 6.04 Å². The van der Waals surface area contributed by atoms with Crippen molar-refractivity contribution in [3.63, 3.8) is 0 Å². The first-order valence-corrected chi connectivity index (χ1v) is 6.81. The maximum atomic E-state index is 4.49. The van der Waals surface area contributed by atoms with Crippen molar-refractivity contribution >= 4 is 29.9 Å². The van der Waals surface area contributed by atoms with Gasteiger partial charge in [0.15, 0.2) is 5.96 Å². The van der Waals surface area contributed by atoms with E-state index >= 15 is 0 Å². The van der Waals surface area contributed by atoms with Gasteiger partial charge in [-0.15, -0.1) is 24.0 Å². The van der Waals surface area contributed by atoms with Crippen LogP contribution in [0.3, 0.4) is 0 Å². The molecule has 3 rings (SSSR count). The zero-order valence-corrected chi connectivity index (χ0v) is 13.9. The Hall–Kier alpha value is -0.780. The smallest absolute Gasteiger partial charge is 0.194 e. The Labute approximate surface area is 132 Å². The monoisotopic (exact) mass is 371 g/mol. The third-order valence-corrected chi connectivity index (χ3v) is 4.16. The van der Waals surface area contributed by atoms with Gasteiger partial charge in [0.1, 0.15) is 0 Å². The minimum absolute atomic E-state index is 0. The number of nitrogens with zero attached hydrogens (tertiary/aromatic N) is 2. The molecule has 2 aliphatic rings. The van der Waals surface area contributed by atoms with Crippen LogP contribution >= 0.6 is 24.0 Å². The van der Waals surface area contributed by atoms with Crippen molar-refractivity contribution in [1.82, 2.24) is 10.2 Å². The predicted octanol–water partition coefficient (Wildman–Crippen LogP) is 2.75. The Morgan fingerprint density at radius 3 is 2.63 bits per heavy atom. The van der Waals surface area contributed by atoms with Gasteiger partial charge in [0.2, 0.25) is 0 Å². The summed E-state index contributed by atoms with van der Waals surface area (Å²) >= 11 is 0. The van der Waals surface area contributed by atoms with E-state index in [1.165, 1.54) is 24.0 Å². The van der Waals surface area contributed by atoms with Crippen molar-refractivity contribution in [2.24, 2.45) is 4.99 Å². The molecule has 0 atom stereocenters. The Morgan fingerprint density at radius 1 is 1.26 bits per heavy atom. The number of hydrogen-bond acceptors (Lipinski definition) is 3. The highest BCUT2D eigenvalue weighted by Crippen LogP contribution is 2.38. The van der Waals surface area contributed by atoms with Crippen molar-refractivity contribution in [2.75, 3.05) is 20.1 Å². The van der Waals surface area contributed by atoms with Crippen molar-refractivity contribution in [2.45, 2.75) is 31.7 Å². The number of likely N-dealkylation sites (N-methyl/N-ethyl adjacent to an activating group) is 1. The van der Waals surface area contributed by atoms with E-state index in [-0.39, 0.29) is 24.0 Å². The molecule has 3 nitrogen and oxygen atoms in total. The topological polar surface area (TPSA) is 27.6 Å². The lowest BCUT2D eigenvalue weighted by atomic mass is 9.74. The standard InChI is InChI=1S/C15H21N3.HI/c1-11-5-3-4-6-14(11)12-9-13(10-12)17-15-16-7-8-18(15)2;/h3-6,12-13H,7-10H2,1-2H3,(H,16,17);1H. The third kappa shape index (κ3) is 3.04. The van der Waals surface area contributed by atoms with Crippen LogP contribution in [0.15, 0.2) is 29.3 Å². The normalized spacial score (nSPS) is 25.4. The maximum Gasteiger partial charge on any atom is 0.194 e. The summed E-state index contributed by atoms with van der Waals surface area (Å²) in [4.78, 5) is 6.69. The highest BCUT2D eigenvalue weighted by molar-refractivity contribution is 14.0. The molecular weight excluding hydrogens is 349 g/mol. The van der Waals surface area contributed by atoms with Crippen molar-refractivity contribution < 1.29 is 0 Å². The summed E-state index contributed by atoms with van der Waals surface area (Å²) in [5.74, 6) is 1.82. The molecule has 0 unspecified atom stereocenters. The first kappa shape index (κ1) is 14.6. The average Bonchev–Trinajstić information content (AvgIpc) is 2.70. The van der Waals surface area contributed by atoms with Gasteiger partial charge in [-0.25, -0.2) is 0 Å². The van der Waals surface area contributed by atoms with Gasteiger partial charge in [0.25, 0.3) is 0 Å². The minimum atomic E-state index is 0. The van der Waals surface area contributed by atoms with Crippen LogP contribution in [0.4, 0.5) is 0 Å². The highest BCUT2D eigenvalue weighted by atomic mass is 127. The van der Waals surface area contributed by atoms with Gasteiger partial charge in [0.05, 0.1) is 6.54 Å². The summed E-state index contributed by atoms with van der Waals surface area (Å²) in [5.41, 5.74) is 2.95. The van der Waals surface area contributed by atoms with Crippen LogP contribution in [0.1, 0.15) is 29.9 Å². The maximum absolute atomic E-state index is 4.49. The van der Waals surface area contributed by atoms with Crippen LogP contribution in [0, 0.1) is 6.92 Å². The molecule has 1 aromatic carbocycles. The zero-order chi connectivity index (χ0) is 12.5. The van der Waals surface area contributed by atoms with E-state index < -0.39 is 0 Å². The van der Waals surface area contributed by atoms with Crippen molar-refractivity contribution in [3.8, 4) is 0 Å². The first-order valence-electron chi connectivity index (χ1n) is 6.81. The number of benzene rings is 1. The van der Waals surface area contributed by atoms with E-state index in [0.717, 1.165) is 25.0 Å². The lowest BCUT2D eigenvalue weighted by molar-refractivity contribution is 0.315. The number of nitrogens with one attached hydrogen (secondary N) is 1. The fraction of sp³-hybridized carbons (Fsp3) is 0.533. The van der Waals surface area contributed by atoms with Crippen LogP contribution in [0.25, 0.3) is 0 Å². The van der Waals surface area contributed by atoms with Gasteiger partial charge < -0.3 is 10.2 Å². The molecule has 1 aliphatic carbocycles. The van der Waals surface area contributed by atoms with E-state index in [1.54, 1.807) is 0 Å². The number of rotatable bonds is 2. The average molecular weight is 371 g/mol. The molecule has 1 heterocycles. The number of halogens is 1. The highest BCUT2D eigenvalue weighted by Gasteiger charge is 2.32. The summed E-state index contributed by atoms with van der Waals surface area (Å²) < 4.78 is 0. The van der Waals surface area contributed by atoms with Gasteiger partial charge in [-0.3, -0.25) is 4.99 Å². The van der Waals surface area contributed by atoms with Crippen LogP contribution in [-0.4, -0.2) is 37.0 Å². The molecule has 4 heteroatoms. The van der Waals surface area contributed by atoms with E-state index in [1.807, 2.05) is 0 Å². The molecule has 0 bridgehead atoms. The van der Waals surface area contributed by atoms with Crippen molar-refractivity contribution in [1.29, 1.82) is 0 Å². The van der Waals surface area contributed by atoms with E-state index in [4.69, 9.17) is 0 Å². The predicted molar refractivity (Wildman–Crippen MR) is 90.4 cm³/mol. The molecule has 0 aromatic heterocycles. The SMILES string of the molecule is Cc1ccccc1C1CC(NC2=NCCN2C)C1.I. The summed E-state index contributed by atoms with van der Waals surface area (Å²) in [7, 11) is 2.11. The number of guanidine groups is 1. The van der Waals surface area contributed by atoms with E-state index in [2.05, 4.69) is 53.4 Å². The second kappa shape index (κ2) is 6.11. The number of hydrogen-bond donors (Lipinski definition) is 1. The molecule has 1 saturated carbocycles. The summed E-state index contributed by atoms with van der Waals surface area (Å²) in [5, 5.41) is 3.56. The van der Waals surface area contributed by atoms with Crippen LogP contribution in [0.2, 0.25) is 0 Å². The van der Waals surface area contributed by atoms with Gasteiger partial charge in [-0.2, -0.15) is 0 Å². The molecule has 1 aromatic rings. The molecule has 0 saturated heterocycles. The van der Waals surface area contributed by atoms with Gasteiger partial charge >= 0.3 is 0 Å². The second-order valence-corrected chi connectivity index (χ2v) is 5.49. The molecule has 1 fully saturated rings. The fourth-order valence-corrected chi connectivity index (χ4v) is 2.91. The minimum Gasteiger partial charge on any atom is -0.353 e. The van der Waals surface area contributed by atoms with Crippen molar-refractivity contribution in [3.05, 3.63) is 35.4 Å². The molecule has 1 aliphatic heterocycles. The molecule has 104 valence electrons. The quantitative estimate of drug-likeness (QED) is 0.810. The third-order valence-electron chi connectivity index (χ3n) is 4.16. The zero-order valence-electron chi connectivity index (χ0n) is 11.6. The first-order chi connectivity index (χ1) is 8.74. The number of aliphatic imine (C=N–C) groups is 1. The Balaban J connectivity index is 0.00000133. The molecule has 19 heavy (non-hydrogen) atoms. The second-order valence-electron chi connectivity index (χ2n) is 5.49. The van der Waals surface area contributed by atoms with Crippen LogP contribution < -0.4 is 5.32 Å². The largest absolute Gasteiger partial charge is 0.353 e. The molecule has 0 spiro atoms. The lowest BCUT2D eigenvalue weighted by Gasteiger charge is -2.38. The Morgan fingerprint density at radius 2 is 2.00 bits per heavy atom. The molecule has 1 N–H and O–H groups in total. The Kier molecular flexibility index (Phi) is 4.71. The summed E-state index contributed by atoms with van der Waals surface area (Å²) in [6.07, 6.45) is 2.47. The van der Waals surface area contributed by atoms with Gasteiger partial charge in [-0.05, 0) is 36.8 Å². The van der Waals surface area contributed by atoms with E-state index in [9.17, 15) is 0 Å². The number of aryl methyl sites for hydroxylation is 1. The lowest BCUT2D eigenvalue weighted by Crippen LogP contribution is -2.47. The van der Waals surface area contributed by atoms with Crippen LogP contribution in [0.5, 0.6) is 0 Å². The van der Waals surface area contributed by atoms with Gasteiger partial charge in [-0.1, -0.05) is 24.3 Å². The molecule has 0 radical (unpaired) electrons. The Bertz CT molecular complexity index is 466. The molecule has 0 amide bonds. The summed E-state index contributed by atoms with van der Waals surface area (Å²) in [6, 6.07) is 9.36.